The van der Waals surface area contributed by atoms with E-state index in [0.29, 0.717) is 12.8 Å². The van der Waals surface area contributed by atoms with Crippen LogP contribution in [0.5, 0.6) is 0 Å². The quantitative estimate of drug-likeness (QED) is 0.523. The molecule has 7 heteroatoms. The molecule has 0 unspecified atom stereocenters. The van der Waals surface area contributed by atoms with Crippen LogP contribution in [-0.4, -0.2) is 36.8 Å². The van der Waals surface area contributed by atoms with Crippen LogP contribution in [-0.2, 0) is 43.2 Å². The van der Waals surface area contributed by atoms with Gasteiger partial charge < -0.3 is 14.2 Å². The lowest BCUT2D eigenvalue weighted by Crippen LogP contribution is -2.11. The van der Waals surface area contributed by atoms with Crippen LogP contribution in [0.25, 0.3) is 0 Å². The van der Waals surface area contributed by atoms with Crippen molar-refractivity contribution in [1.29, 1.82) is 0 Å². The maximum absolute atomic E-state index is 12.3. The van der Waals surface area contributed by atoms with Gasteiger partial charge in [-0.15, -0.1) is 0 Å². The average molecular weight is 373 g/mol. The Bertz CT molecular complexity index is 744. The lowest BCUT2D eigenvalue weighted by atomic mass is 10.0. The summed E-state index contributed by atoms with van der Waals surface area (Å²) >= 11 is 0. The predicted molar refractivity (Wildman–Crippen MR) is 97.1 cm³/mol. The van der Waals surface area contributed by atoms with Crippen LogP contribution in [0.1, 0.15) is 29.5 Å². The Morgan fingerprint density at radius 3 is 1.85 bits per heavy atom. The summed E-state index contributed by atoms with van der Waals surface area (Å²) in [5, 5.41) is 0. The number of ether oxygens (including phenoxy) is 3. The van der Waals surface area contributed by atoms with Gasteiger partial charge in [0.15, 0.2) is 0 Å². The molecular formula is C20H23NO6. The second kappa shape index (κ2) is 10.2. The molecule has 0 radical (unpaired) electrons. The van der Waals surface area contributed by atoms with E-state index in [-0.39, 0.29) is 31.4 Å². The lowest BCUT2D eigenvalue weighted by Gasteiger charge is -2.05. The number of methoxy groups -OCH3 is 2. The van der Waals surface area contributed by atoms with Crippen molar-refractivity contribution in [3.63, 3.8) is 0 Å². The van der Waals surface area contributed by atoms with Crippen molar-refractivity contribution in [2.45, 2.75) is 32.3 Å². The Hall–Kier alpha value is -3.09. The van der Waals surface area contributed by atoms with Gasteiger partial charge in [0, 0.05) is 25.2 Å². The van der Waals surface area contributed by atoms with Crippen LogP contribution < -0.4 is 0 Å². The zero-order chi connectivity index (χ0) is 19.6. The number of rotatable bonds is 8. The Labute approximate surface area is 157 Å². The number of benzene rings is 1. The number of esters is 2. The third kappa shape index (κ3) is 6.29. The van der Waals surface area contributed by atoms with Crippen molar-refractivity contribution in [2.75, 3.05) is 14.2 Å². The van der Waals surface area contributed by atoms with Gasteiger partial charge in [-0.3, -0.25) is 14.2 Å². The highest BCUT2D eigenvalue weighted by Crippen LogP contribution is 2.17. The molecule has 0 spiro atoms. The van der Waals surface area contributed by atoms with Gasteiger partial charge in [0.25, 0.3) is 0 Å². The molecular weight excluding hydrogens is 350 g/mol. The number of hydrogen-bond acceptors (Lipinski definition) is 6. The third-order valence-electron chi connectivity index (χ3n) is 4.07. The molecule has 1 aromatic carbocycles. The fourth-order valence-electron chi connectivity index (χ4n) is 2.57. The highest BCUT2D eigenvalue weighted by atomic mass is 16.5. The standard InChI is InChI=1S/C20H23NO6/c1-25-18(22)10-8-16-12-21(13-17(16)9-11-19(23)26-2)20(24)27-14-15-6-4-3-5-7-15/h3-7,12-13H,8-11,14H2,1-2H3. The Balaban J connectivity index is 2.07. The Kier molecular flexibility index (Phi) is 7.61. The number of carbonyl (C=O) groups excluding carboxylic acids is 3. The fraction of sp³-hybridized carbons (Fsp3) is 0.350. The van der Waals surface area contributed by atoms with E-state index in [0.717, 1.165) is 16.7 Å². The van der Waals surface area contributed by atoms with Gasteiger partial charge in [-0.2, -0.15) is 0 Å². The molecule has 0 saturated carbocycles. The van der Waals surface area contributed by atoms with E-state index in [1.807, 2.05) is 30.3 Å². The smallest absolute Gasteiger partial charge is 0.418 e. The molecule has 0 aliphatic rings. The van der Waals surface area contributed by atoms with Crippen LogP contribution in [0, 0.1) is 0 Å². The van der Waals surface area contributed by atoms with Crippen molar-refractivity contribution < 1.29 is 28.6 Å². The second-order valence-corrected chi connectivity index (χ2v) is 5.91. The predicted octanol–water partition coefficient (Wildman–Crippen LogP) is 2.88. The highest BCUT2D eigenvalue weighted by Gasteiger charge is 2.15. The van der Waals surface area contributed by atoms with Gasteiger partial charge in [-0.25, -0.2) is 4.79 Å². The molecule has 1 heterocycles. The molecule has 2 rings (SSSR count). The fourth-order valence-corrected chi connectivity index (χ4v) is 2.57. The first-order valence-electron chi connectivity index (χ1n) is 8.58. The number of aromatic nitrogens is 1. The van der Waals surface area contributed by atoms with E-state index < -0.39 is 6.09 Å². The lowest BCUT2D eigenvalue weighted by molar-refractivity contribution is -0.141. The van der Waals surface area contributed by atoms with Crippen molar-refractivity contribution in [1.82, 2.24) is 4.57 Å². The molecule has 0 atom stereocenters. The molecule has 0 fully saturated rings. The number of nitrogens with zero attached hydrogens (tertiary/aromatic N) is 1. The van der Waals surface area contributed by atoms with Crippen LogP contribution >= 0.6 is 0 Å². The molecule has 0 aliphatic heterocycles. The summed E-state index contributed by atoms with van der Waals surface area (Å²) in [6, 6.07) is 9.36. The van der Waals surface area contributed by atoms with Crippen LogP contribution in [0.3, 0.4) is 0 Å². The summed E-state index contributed by atoms with van der Waals surface area (Å²) in [6.07, 6.45) is 3.91. The summed E-state index contributed by atoms with van der Waals surface area (Å²) in [6.45, 7) is 0.160. The Morgan fingerprint density at radius 2 is 1.37 bits per heavy atom. The summed E-state index contributed by atoms with van der Waals surface area (Å²) in [4.78, 5) is 35.2. The molecule has 2 aromatic rings. The number of aryl methyl sites for hydroxylation is 2. The minimum Gasteiger partial charge on any atom is -0.469 e. The zero-order valence-electron chi connectivity index (χ0n) is 15.5. The van der Waals surface area contributed by atoms with Crippen molar-refractivity contribution in [3.05, 3.63) is 59.4 Å². The summed E-state index contributed by atoms with van der Waals surface area (Å²) < 4.78 is 16.0. The normalized spacial score (nSPS) is 10.3. The minimum absolute atomic E-state index is 0.160. The molecule has 0 saturated heterocycles. The van der Waals surface area contributed by atoms with Crippen molar-refractivity contribution >= 4 is 18.0 Å². The maximum Gasteiger partial charge on any atom is 0.418 e. The third-order valence-corrected chi connectivity index (χ3v) is 4.07. The van der Waals surface area contributed by atoms with E-state index >= 15 is 0 Å². The van der Waals surface area contributed by atoms with E-state index in [1.54, 1.807) is 12.4 Å². The topological polar surface area (TPSA) is 83.8 Å². The van der Waals surface area contributed by atoms with Gasteiger partial charge in [-0.1, -0.05) is 30.3 Å². The SMILES string of the molecule is COC(=O)CCc1cn(C(=O)OCc2ccccc2)cc1CCC(=O)OC. The molecule has 0 bridgehead atoms. The Morgan fingerprint density at radius 1 is 0.852 bits per heavy atom. The first kappa shape index (κ1) is 20.2. The molecule has 1 aromatic heterocycles. The molecule has 7 nitrogen and oxygen atoms in total. The minimum atomic E-state index is -0.525. The van der Waals surface area contributed by atoms with Crippen molar-refractivity contribution in [2.24, 2.45) is 0 Å². The first-order valence-corrected chi connectivity index (χ1v) is 8.58. The van der Waals surface area contributed by atoms with Crippen molar-refractivity contribution in [3.8, 4) is 0 Å². The van der Waals surface area contributed by atoms with Gasteiger partial charge in [-0.05, 0) is 29.5 Å². The van der Waals surface area contributed by atoms with E-state index in [4.69, 9.17) is 4.74 Å². The summed E-state index contributed by atoms with van der Waals surface area (Å²) in [7, 11) is 2.65. The van der Waals surface area contributed by atoms with Gasteiger partial charge in [0.2, 0.25) is 0 Å². The van der Waals surface area contributed by atoms with Gasteiger partial charge >= 0.3 is 18.0 Å². The van der Waals surface area contributed by atoms with Gasteiger partial charge in [0.05, 0.1) is 14.2 Å². The monoisotopic (exact) mass is 373 g/mol. The van der Waals surface area contributed by atoms with E-state index in [9.17, 15) is 14.4 Å². The zero-order valence-corrected chi connectivity index (χ0v) is 15.5. The van der Waals surface area contributed by atoms with Gasteiger partial charge in [0.1, 0.15) is 6.61 Å². The van der Waals surface area contributed by atoms with Crippen LogP contribution in [0.2, 0.25) is 0 Å². The number of hydrogen-bond donors (Lipinski definition) is 0. The molecule has 0 aliphatic carbocycles. The first-order chi connectivity index (χ1) is 13.0. The molecule has 27 heavy (non-hydrogen) atoms. The largest absolute Gasteiger partial charge is 0.469 e. The summed E-state index contributed by atoms with van der Waals surface area (Å²) in [5.74, 6) is -0.679. The second-order valence-electron chi connectivity index (χ2n) is 5.91. The average Bonchev–Trinajstić information content (AvgIpc) is 3.12. The number of carbonyl (C=O) groups is 3. The molecule has 0 amide bonds. The van der Waals surface area contributed by atoms with Crippen LogP contribution in [0.4, 0.5) is 4.79 Å². The molecule has 144 valence electrons. The summed E-state index contributed by atoms with van der Waals surface area (Å²) in [5.41, 5.74) is 2.47. The van der Waals surface area contributed by atoms with E-state index in [2.05, 4.69) is 9.47 Å². The maximum atomic E-state index is 12.3. The highest BCUT2D eigenvalue weighted by molar-refractivity contribution is 5.73. The van der Waals surface area contributed by atoms with E-state index in [1.165, 1.54) is 18.8 Å². The van der Waals surface area contributed by atoms with Crippen LogP contribution in [0.15, 0.2) is 42.7 Å². The molecule has 0 N–H and O–H groups in total.